The Morgan fingerprint density at radius 3 is 2.55 bits per heavy atom. The molecule has 1 amide bonds. The Morgan fingerprint density at radius 2 is 1.93 bits per heavy atom. The Morgan fingerprint density at radius 1 is 1.19 bits per heavy atom. The number of likely N-dealkylation sites (tertiary alicyclic amines) is 1. The second-order valence-corrected chi connectivity index (χ2v) is 11.8. The maximum Gasteiger partial charge on any atom is 0.408 e. The molecule has 6 rings (SSSR count). The van der Waals surface area contributed by atoms with E-state index >= 15 is 0 Å². The first-order valence-corrected chi connectivity index (χ1v) is 14.3. The van der Waals surface area contributed by atoms with Crippen LogP contribution in [0.4, 0.5) is 4.79 Å². The molecule has 0 bridgehead atoms. The van der Waals surface area contributed by atoms with Crippen LogP contribution in [0.2, 0.25) is 5.02 Å². The van der Waals surface area contributed by atoms with Crippen LogP contribution < -0.4 is 10.7 Å². The van der Waals surface area contributed by atoms with Crippen molar-refractivity contribution in [2.45, 2.75) is 55.7 Å². The van der Waals surface area contributed by atoms with Crippen molar-refractivity contribution in [3.05, 3.63) is 62.8 Å². The molecule has 2 aromatic carbocycles. The number of phenols is 1. The smallest absolute Gasteiger partial charge is 0.408 e. The summed E-state index contributed by atoms with van der Waals surface area (Å²) in [6, 6.07) is 9.68. The molecule has 2 saturated heterocycles. The molecule has 2 aliphatic heterocycles. The number of piperidine rings is 2. The third-order valence-corrected chi connectivity index (χ3v) is 9.17. The Balaban J connectivity index is 0.00000202. The summed E-state index contributed by atoms with van der Waals surface area (Å²) in [4.78, 5) is 29.9. The van der Waals surface area contributed by atoms with Crippen molar-refractivity contribution < 1.29 is 24.5 Å². The molecule has 9 nitrogen and oxygen atoms in total. The average molecular weight is 641 g/mol. The lowest BCUT2D eigenvalue weighted by atomic mass is 9.80. The minimum atomic E-state index is -1.02. The van der Waals surface area contributed by atoms with Crippen LogP contribution in [0.3, 0.4) is 0 Å². The highest BCUT2D eigenvalue weighted by molar-refractivity contribution is 6.33. The number of likely N-dealkylation sites (N-methyl/N-ethyl adjacent to an activating group) is 1. The van der Waals surface area contributed by atoms with Gasteiger partial charge in [0.25, 0.3) is 0 Å². The Hall–Kier alpha value is -2.53. The van der Waals surface area contributed by atoms with Crippen LogP contribution >= 0.6 is 36.4 Å². The van der Waals surface area contributed by atoms with Gasteiger partial charge in [0.05, 0.1) is 16.7 Å². The first kappa shape index (κ1) is 32.4. The van der Waals surface area contributed by atoms with Crippen LogP contribution in [0.5, 0.6) is 5.75 Å². The van der Waals surface area contributed by atoms with Gasteiger partial charge in [0.2, 0.25) is 0 Å². The Bertz CT molecular complexity index is 1520. The van der Waals surface area contributed by atoms with E-state index in [9.17, 15) is 24.9 Å². The van der Waals surface area contributed by atoms with Crippen LogP contribution in [0.25, 0.3) is 22.3 Å². The summed E-state index contributed by atoms with van der Waals surface area (Å²) in [6.45, 7) is 2.52. The number of amides is 1. The van der Waals surface area contributed by atoms with E-state index in [2.05, 4.69) is 5.32 Å². The molecule has 12 heteroatoms. The maximum absolute atomic E-state index is 13.5. The lowest BCUT2D eigenvalue weighted by Gasteiger charge is -2.41. The third-order valence-electron chi connectivity index (χ3n) is 8.84. The van der Waals surface area contributed by atoms with Crippen LogP contribution in [-0.4, -0.2) is 76.6 Å². The zero-order valence-corrected chi connectivity index (χ0v) is 25.6. The van der Waals surface area contributed by atoms with Crippen molar-refractivity contribution in [2.75, 3.05) is 33.2 Å². The van der Waals surface area contributed by atoms with Gasteiger partial charge in [0, 0.05) is 42.2 Å². The molecular weight excluding hydrogens is 605 g/mol. The average Bonchev–Trinajstić information content (AvgIpc) is 3.71. The minimum Gasteiger partial charge on any atom is -0.507 e. The second kappa shape index (κ2) is 12.6. The molecule has 1 aromatic heterocycles. The van der Waals surface area contributed by atoms with Gasteiger partial charge in [-0.25, -0.2) is 4.79 Å². The lowest BCUT2D eigenvalue weighted by molar-refractivity contribution is 0.0604. The lowest BCUT2D eigenvalue weighted by Crippen LogP contribution is -2.53. The van der Waals surface area contributed by atoms with Gasteiger partial charge in [-0.3, -0.25) is 9.69 Å². The number of nitrogens with zero attached hydrogens (tertiary/aromatic N) is 2. The number of hydrogen-bond donors (Lipinski definition) is 4. The zero-order chi connectivity index (χ0) is 28.2. The summed E-state index contributed by atoms with van der Waals surface area (Å²) >= 11 is 6.46. The number of benzene rings is 2. The van der Waals surface area contributed by atoms with Gasteiger partial charge < -0.3 is 30.0 Å². The topological polar surface area (TPSA) is 126 Å². The molecule has 0 radical (unpaired) electrons. The van der Waals surface area contributed by atoms with Crippen molar-refractivity contribution in [3.8, 4) is 17.1 Å². The van der Waals surface area contributed by atoms with Gasteiger partial charge in [-0.05, 0) is 76.0 Å². The third kappa shape index (κ3) is 5.58. The summed E-state index contributed by atoms with van der Waals surface area (Å²) in [6.07, 6.45) is 1.54. The number of halogens is 3. The number of rotatable bonds is 5. The monoisotopic (exact) mass is 639 g/mol. The summed E-state index contributed by atoms with van der Waals surface area (Å²) in [7, 11) is 1.94. The van der Waals surface area contributed by atoms with Crippen LogP contribution in [0.15, 0.2) is 45.6 Å². The van der Waals surface area contributed by atoms with E-state index < -0.39 is 29.1 Å². The highest BCUT2D eigenvalue weighted by Crippen LogP contribution is 2.57. The zero-order valence-electron chi connectivity index (χ0n) is 23.2. The van der Waals surface area contributed by atoms with Gasteiger partial charge in [-0.1, -0.05) is 23.7 Å². The van der Waals surface area contributed by atoms with E-state index in [1.165, 1.54) is 6.07 Å². The van der Waals surface area contributed by atoms with Gasteiger partial charge in [0.15, 0.2) is 5.43 Å². The molecule has 1 unspecified atom stereocenters. The number of carboxylic acid groups (broad SMARTS) is 1. The normalized spacial score (nSPS) is 23.5. The largest absolute Gasteiger partial charge is 0.507 e. The van der Waals surface area contributed by atoms with Gasteiger partial charge in [-0.15, -0.1) is 24.8 Å². The fraction of sp³-hybridized carbons (Fsp3) is 0.467. The van der Waals surface area contributed by atoms with E-state index in [1.807, 2.05) is 11.9 Å². The first-order chi connectivity index (χ1) is 19.2. The van der Waals surface area contributed by atoms with Gasteiger partial charge in [0.1, 0.15) is 22.5 Å². The Kier molecular flexibility index (Phi) is 9.72. The van der Waals surface area contributed by atoms with E-state index in [4.69, 9.17) is 16.0 Å². The maximum atomic E-state index is 13.5. The van der Waals surface area contributed by atoms with Crippen LogP contribution in [-0.2, 0) is 5.54 Å². The predicted molar refractivity (Wildman–Crippen MR) is 167 cm³/mol. The highest BCUT2D eigenvalue weighted by atomic mass is 35.5. The molecule has 228 valence electrons. The van der Waals surface area contributed by atoms with Crippen molar-refractivity contribution in [3.63, 3.8) is 0 Å². The number of β-amino-alcohol motifs (C(OH)–C–C–N with tert-alkyl or cyclic N) is 1. The summed E-state index contributed by atoms with van der Waals surface area (Å²) < 4.78 is 6.45. The molecule has 3 heterocycles. The van der Waals surface area contributed by atoms with Gasteiger partial charge >= 0.3 is 6.09 Å². The highest BCUT2D eigenvalue weighted by Gasteiger charge is 2.56. The van der Waals surface area contributed by atoms with Crippen LogP contribution in [0, 0.1) is 0 Å². The summed E-state index contributed by atoms with van der Waals surface area (Å²) in [5.41, 5.74) is 0.609. The number of hydrogen-bond acceptors (Lipinski definition) is 7. The molecule has 0 spiro atoms. The van der Waals surface area contributed by atoms with Gasteiger partial charge in [-0.2, -0.15) is 0 Å². The van der Waals surface area contributed by atoms with E-state index in [0.29, 0.717) is 60.6 Å². The molecule has 4 N–H and O–H groups in total. The number of fused-ring (bicyclic) bond motifs is 1. The molecular formula is C30H36Cl3N3O6. The number of aromatic hydroxyl groups is 1. The van der Waals surface area contributed by atoms with Crippen LogP contribution in [0.1, 0.15) is 49.1 Å². The SMILES string of the molecule is CN1CC[C@H](c2c(C3(N(C(=O)O)C4CCCNC4)CC3)cc(O)c3c(=O)cc(-c4ccccc4Cl)oc23)[C@H](O)C1.Cl.Cl. The molecule has 3 atom stereocenters. The standard InChI is InChI=1S/C30H34ClN3O6.2ClH/c1-33-12-8-19(24(37)16-33)26-20(30(9-10-30)34(29(38)39)17-5-4-11-32-15-17)13-22(35)27-23(36)14-25(40-28(26)27)18-6-2-3-7-21(18)31;;/h2-3,6-7,13-14,17,19,24,32,35,37H,4-5,8-12,15-16H2,1H3,(H,38,39);2*1H/t17?,19-,24+;;/m0../s1. The van der Waals surface area contributed by atoms with Crippen molar-refractivity contribution >= 4 is 53.5 Å². The number of carbonyl (C=O) groups is 1. The molecule has 3 fully saturated rings. The first-order valence-electron chi connectivity index (χ1n) is 13.9. The quantitative estimate of drug-likeness (QED) is 0.301. The number of phenolic OH excluding ortho intramolecular Hbond substituents is 1. The van der Waals surface area contributed by atoms with E-state index in [-0.39, 0.29) is 53.3 Å². The van der Waals surface area contributed by atoms with Crippen molar-refractivity contribution in [2.24, 2.45) is 0 Å². The molecule has 3 aliphatic rings. The number of nitrogens with one attached hydrogen (secondary N) is 1. The number of aliphatic hydroxyl groups is 1. The fourth-order valence-corrected chi connectivity index (χ4v) is 7.04. The van der Waals surface area contributed by atoms with E-state index in [1.54, 1.807) is 35.2 Å². The molecule has 1 aliphatic carbocycles. The Labute approximate surface area is 261 Å². The summed E-state index contributed by atoms with van der Waals surface area (Å²) in [5.74, 6) is -0.426. The predicted octanol–water partition coefficient (Wildman–Crippen LogP) is 5.16. The fourth-order valence-electron chi connectivity index (χ4n) is 6.81. The van der Waals surface area contributed by atoms with E-state index in [0.717, 1.165) is 19.4 Å². The molecule has 42 heavy (non-hydrogen) atoms. The second-order valence-electron chi connectivity index (χ2n) is 11.4. The summed E-state index contributed by atoms with van der Waals surface area (Å²) in [5, 5.41) is 36.9. The molecule has 3 aromatic rings. The minimum absolute atomic E-state index is 0. The molecule has 1 saturated carbocycles. The van der Waals surface area contributed by atoms with Crippen molar-refractivity contribution in [1.29, 1.82) is 0 Å². The number of aliphatic hydroxyl groups excluding tert-OH is 1. The van der Waals surface area contributed by atoms with Crippen molar-refractivity contribution in [1.82, 2.24) is 15.1 Å².